The van der Waals surface area contributed by atoms with E-state index in [1.807, 2.05) is 0 Å². The van der Waals surface area contributed by atoms with Gasteiger partial charge in [0.2, 0.25) is 0 Å². The van der Waals surface area contributed by atoms with Gasteiger partial charge in [-0.1, -0.05) is 12.1 Å². The van der Waals surface area contributed by atoms with Crippen LogP contribution < -0.4 is 0 Å². The largest absolute Gasteiger partial charge is 0.469 e. The van der Waals surface area contributed by atoms with E-state index in [2.05, 4.69) is 4.74 Å². The smallest absolute Gasteiger partial charge is 0.311 e. The maximum Gasteiger partial charge on any atom is 0.311 e. The molecule has 0 saturated carbocycles. The lowest BCUT2D eigenvalue weighted by molar-refractivity contribution is -0.154. The van der Waals surface area contributed by atoms with Crippen molar-refractivity contribution in [3.63, 3.8) is 0 Å². The summed E-state index contributed by atoms with van der Waals surface area (Å²) >= 11 is 0. The van der Waals surface area contributed by atoms with Crippen LogP contribution in [0.15, 0.2) is 29.2 Å². The van der Waals surface area contributed by atoms with Crippen LogP contribution in [0.4, 0.5) is 0 Å². The molecule has 106 valence electrons. The molecule has 0 saturated heterocycles. The van der Waals surface area contributed by atoms with Gasteiger partial charge in [0.1, 0.15) is 0 Å². The number of aliphatic hydroxyl groups is 1. The van der Waals surface area contributed by atoms with Gasteiger partial charge in [-0.3, -0.25) is 4.79 Å². The second-order valence-electron chi connectivity index (χ2n) is 4.69. The van der Waals surface area contributed by atoms with E-state index in [0.717, 1.165) is 6.26 Å². The maximum atomic E-state index is 11.5. The summed E-state index contributed by atoms with van der Waals surface area (Å²) in [5.74, 6) is -1.29. The first-order valence-electron chi connectivity index (χ1n) is 5.71. The highest BCUT2D eigenvalue weighted by molar-refractivity contribution is 7.90. The Bertz CT molecular complexity index is 557. The van der Waals surface area contributed by atoms with Crippen molar-refractivity contribution in [2.24, 2.45) is 5.92 Å². The van der Waals surface area contributed by atoms with E-state index in [-0.39, 0.29) is 4.90 Å². The lowest BCUT2D eigenvalue weighted by atomic mass is 9.84. The third-order valence-electron chi connectivity index (χ3n) is 3.26. The lowest BCUT2D eigenvalue weighted by Crippen LogP contribution is -2.35. The normalized spacial score (nSPS) is 16.5. The summed E-state index contributed by atoms with van der Waals surface area (Å²) in [6.45, 7) is 3.04. The van der Waals surface area contributed by atoms with Gasteiger partial charge in [0.25, 0.3) is 0 Å². The molecule has 0 amide bonds. The molecular formula is C13H18O5S. The first kappa shape index (κ1) is 15.7. The summed E-state index contributed by atoms with van der Waals surface area (Å²) in [6.07, 6.45) is 1.11. The number of ether oxygens (including phenoxy) is 1. The molecule has 1 N–H and O–H groups in total. The van der Waals surface area contributed by atoms with Crippen molar-refractivity contribution in [2.75, 3.05) is 13.4 Å². The predicted octanol–water partition coefficient (Wildman–Crippen LogP) is 1.11. The minimum atomic E-state index is -3.28. The molecule has 0 heterocycles. The third kappa shape index (κ3) is 3.33. The first-order chi connectivity index (χ1) is 8.60. The van der Waals surface area contributed by atoms with Gasteiger partial charge >= 0.3 is 5.97 Å². The van der Waals surface area contributed by atoms with Gasteiger partial charge < -0.3 is 9.84 Å². The van der Waals surface area contributed by atoms with Crippen LogP contribution in [-0.4, -0.2) is 32.9 Å². The van der Waals surface area contributed by atoms with E-state index in [1.54, 1.807) is 6.92 Å². The van der Waals surface area contributed by atoms with E-state index in [0.29, 0.717) is 5.56 Å². The average Bonchev–Trinajstić information content (AvgIpc) is 2.36. The van der Waals surface area contributed by atoms with E-state index < -0.39 is 27.3 Å². The second-order valence-corrected chi connectivity index (χ2v) is 6.70. The summed E-state index contributed by atoms with van der Waals surface area (Å²) < 4.78 is 27.3. The summed E-state index contributed by atoms with van der Waals surface area (Å²) in [4.78, 5) is 11.6. The third-order valence-corrected chi connectivity index (χ3v) is 4.39. The molecule has 0 bridgehead atoms. The number of methoxy groups -OCH3 is 1. The standard InChI is InChI=1S/C13H18O5S/c1-9(12(14)18-3)13(2,15)10-5-7-11(8-6-10)19(4,16)17/h5-9,15H,1-4H3. The Labute approximate surface area is 113 Å². The number of carbonyl (C=O) groups excluding carboxylic acids is 1. The molecule has 1 aromatic rings. The molecule has 0 aliphatic rings. The highest BCUT2D eigenvalue weighted by Gasteiger charge is 2.36. The number of hydrogen-bond acceptors (Lipinski definition) is 5. The zero-order valence-electron chi connectivity index (χ0n) is 11.4. The van der Waals surface area contributed by atoms with Crippen LogP contribution in [0.25, 0.3) is 0 Å². The fraction of sp³-hybridized carbons (Fsp3) is 0.462. The van der Waals surface area contributed by atoms with Gasteiger partial charge in [-0.15, -0.1) is 0 Å². The van der Waals surface area contributed by atoms with Crippen LogP contribution in [0.3, 0.4) is 0 Å². The monoisotopic (exact) mass is 286 g/mol. The van der Waals surface area contributed by atoms with Crippen molar-refractivity contribution in [1.29, 1.82) is 0 Å². The zero-order valence-corrected chi connectivity index (χ0v) is 12.2. The molecule has 0 radical (unpaired) electrons. The molecule has 6 heteroatoms. The SMILES string of the molecule is COC(=O)C(C)C(C)(O)c1ccc(S(C)(=O)=O)cc1. The summed E-state index contributed by atoms with van der Waals surface area (Å²) in [6, 6.07) is 5.80. The Morgan fingerprint density at radius 1 is 1.32 bits per heavy atom. The Hall–Kier alpha value is -1.40. The van der Waals surface area contributed by atoms with Crippen molar-refractivity contribution in [3.8, 4) is 0 Å². The molecule has 0 aliphatic heterocycles. The summed E-state index contributed by atoms with van der Waals surface area (Å²) in [5.41, 5.74) is -0.971. The lowest BCUT2D eigenvalue weighted by Gasteiger charge is -2.29. The molecule has 1 aromatic carbocycles. The quantitative estimate of drug-likeness (QED) is 0.838. The highest BCUT2D eigenvalue weighted by Crippen LogP contribution is 2.30. The number of hydrogen-bond donors (Lipinski definition) is 1. The van der Waals surface area contributed by atoms with E-state index in [1.165, 1.54) is 38.3 Å². The number of sulfone groups is 1. The second kappa shape index (κ2) is 5.30. The van der Waals surface area contributed by atoms with Gasteiger partial charge in [0.15, 0.2) is 9.84 Å². The summed E-state index contributed by atoms with van der Waals surface area (Å²) in [5, 5.41) is 10.4. The van der Waals surface area contributed by atoms with Crippen molar-refractivity contribution < 1.29 is 23.1 Å². The minimum absolute atomic E-state index is 0.165. The Morgan fingerprint density at radius 3 is 2.16 bits per heavy atom. The van der Waals surface area contributed by atoms with Crippen LogP contribution in [0.2, 0.25) is 0 Å². The number of benzene rings is 1. The van der Waals surface area contributed by atoms with Gasteiger partial charge in [-0.05, 0) is 31.5 Å². The molecule has 1 rings (SSSR count). The van der Waals surface area contributed by atoms with Crippen LogP contribution in [-0.2, 0) is 25.0 Å². The van der Waals surface area contributed by atoms with E-state index >= 15 is 0 Å². The predicted molar refractivity (Wildman–Crippen MR) is 70.3 cm³/mol. The molecule has 0 fully saturated rings. The zero-order chi connectivity index (χ0) is 14.8. The molecular weight excluding hydrogens is 268 g/mol. The fourth-order valence-corrected chi connectivity index (χ4v) is 2.33. The minimum Gasteiger partial charge on any atom is -0.469 e. The van der Waals surface area contributed by atoms with Gasteiger partial charge in [-0.2, -0.15) is 0 Å². The summed E-state index contributed by atoms with van der Waals surface area (Å²) in [7, 11) is -2.03. The Kier molecular flexibility index (Phi) is 4.37. The van der Waals surface area contributed by atoms with Gasteiger partial charge in [-0.25, -0.2) is 8.42 Å². The van der Waals surface area contributed by atoms with Crippen LogP contribution in [0, 0.1) is 5.92 Å². The maximum absolute atomic E-state index is 11.5. The molecule has 2 atom stereocenters. The van der Waals surface area contributed by atoms with Crippen molar-refractivity contribution in [2.45, 2.75) is 24.3 Å². The number of rotatable bonds is 4. The molecule has 0 spiro atoms. The molecule has 19 heavy (non-hydrogen) atoms. The van der Waals surface area contributed by atoms with Gasteiger partial charge in [0.05, 0.1) is 23.5 Å². The topological polar surface area (TPSA) is 80.7 Å². The van der Waals surface area contributed by atoms with Crippen molar-refractivity contribution in [1.82, 2.24) is 0 Å². The van der Waals surface area contributed by atoms with Crippen LogP contribution >= 0.6 is 0 Å². The highest BCUT2D eigenvalue weighted by atomic mass is 32.2. The van der Waals surface area contributed by atoms with Crippen molar-refractivity contribution in [3.05, 3.63) is 29.8 Å². The van der Waals surface area contributed by atoms with E-state index in [9.17, 15) is 18.3 Å². The van der Waals surface area contributed by atoms with Crippen LogP contribution in [0.5, 0.6) is 0 Å². The molecule has 2 unspecified atom stereocenters. The number of carbonyl (C=O) groups is 1. The van der Waals surface area contributed by atoms with Crippen molar-refractivity contribution >= 4 is 15.8 Å². The Morgan fingerprint density at radius 2 is 1.79 bits per heavy atom. The first-order valence-corrected chi connectivity index (χ1v) is 7.60. The Balaban J connectivity index is 3.13. The molecule has 0 aliphatic carbocycles. The fourth-order valence-electron chi connectivity index (χ4n) is 1.70. The van der Waals surface area contributed by atoms with E-state index in [4.69, 9.17) is 0 Å². The molecule has 5 nitrogen and oxygen atoms in total. The van der Waals surface area contributed by atoms with Gasteiger partial charge in [0, 0.05) is 6.26 Å². The van der Waals surface area contributed by atoms with Crippen LogP contribution in [0.1, 0.15) is 19.4 Å². The number of esters is 1. The average molecular weight is 286 g/mol. The molecule has 0 aromatic heterocycles.